The highest BCUT2D eigenvalue weighted by Gasteiger charge is 2.59. The molecular weight excluding hydrogens is 550 g/mol. The minimum Gasteiger partial charge on any atom is -0.446 e. The summed E-state index contributed by atoms with van der Waals surface area (Å²) in [4.78, 5) is 31.8. The first kappa shape index (κ1) is 33.0. The summed E-state index contributed by atoms with van der Waals surface area (Å²) in [5.41, 5.74) is 9.06. The first-order valence-electron chi connectivity index (χ1n) is 17.7. The quantitative estimate of drug-likeness (QED) is 0.159. The Labute approximate surface area is 265 Å². The van der Waals surface area contributed by atoms with Crippen LogP contribution in [0.25, 0.3) is 0 Å². The SMILES string of the molecule is CC(C)CCCC(C)C1CCC2C3CC=C4CC(OC(=O)NCCNC(=O)C(N)Cc5cnc[nH]5)CCC4(C)C3CCC12C. The molecule has 0 saturated heterocycles. The van der Waals surface area contributed by atoms with Gasteiger partial charge in [-0.2, -0.15) is 0 Å². The summed E-state index contributed by atoms with van der Waals surface area (Å²) >= 11 is 0. The third-order valence-corrected chi connectivity index (χ3v) is 12.6. The van der Waals surface area contributed by atoms with Crippen LogP contribution in [-0.2, 0) is 16.0 Å². The van der Waals surface area contributed by atoms with Crippen LogP contribution in [-0.4, -0.2) is 47.2 Å². The molecule has 8 heteroatoms. The average molecular weight is 610 g/mol. The van der Waals surface area contributed by atoms with Gasteiger partial charge in [-0.05, 0) is 91.3 Å². The van der Waals surface area contributed by atoms with E-state index in [-0.39, 0.29) is 17.4 Å². The molecule has 1 aromatic heterocycles. The zero-order valence-corrected chi connectivity index (χ0v) is 28.0. The molecule has 1 aromatic rings. The van der Waals surface area contributed by atoms with Crippen molar-refractivity contribution < 1.29 is 14.3 Å². The minimum absolute atomic E-state index is 0.0836. The van der Waals surface area contributed by atoms with Gasteiger partial charge in [-0.25, -0.2) is 9.78 Å². The molecule has 5 N–H and O–H groups in total. The fourth-order valence-corrected chi connectivity index (χ4v) is 10.2. The molecule has 3 saturated carbocycles. The first-order valence-corrected chi connectivity index (χ1v) is 17.7. The fraction of sp³-hybridized carbons (Fsp3) is 0.806. The standard InChI is InChI=1S/C36H59N5O3/c1-23(2)7-6-8-24(3)29-11-12-30-28-10-9-25-19-27(13-15-35(25,4)31(28)14-16-36(29,30)5)44-34(43)40-18-17-39-33(42)32(37)20-26-21-38-22-41-26/h9,21-24,27-32H,6-8,10-20,37H2,1-5H3,(H,38,41)(H,39,42)(H,40,43). The van der Waals surface area contributed by atoms with Crippen LogP contribution in [0.3, 0.4) is 0 Å². The van der Waals surface area contributed by atoms with Crippen molar-refractivity contribution in [2.45, 2.75) is 124 Å². The molecule has 0 bridgehead atoms. The van der Waals surface area contributed by atoms with Gasteiger partial charge in [0.1, 0.15) is 6.10 Å². The van der Waals surface area contributed by atoms with Gasteiger partial charge in [0.05, 0.1) is 12.4 Å². The Hall–Kier alpha value is -2.35. The Morgan fingerprint density at radius 3 is 2.61 bits per heavy atom. The summed E-state index contributed by atoms with van der Waals surface area (Å²) in [6.07, 6.45) is 19.5. The molecule has 8 nitrogen and oxygen atoms in total. The maximum absolute atomic E-state index is 12.6. The number of nitrogens with two attached hydrogens (primary N) is 1. The summed E-state index contributed by atoms with van der Waals surface area (Å²) in [6.45, 7) is 13.1. The van der Waals surface area contributed by atoms with Gasteiger partial charge in [0, 0.05) is 37.8 Å². The van der Waals surface area contributed by atoms with E-state index >= 15 is 0 Å². The van der Waals surface area contributed by atoms with Crippen molar-refractivity contribution in [1.82, 2.24) is 20.6 Å². The number of aromatic nitrogens is 2. The number of rotatable bonds is 12. The second-order valence-electron chi connectivity index (χ2n) is 15.7. The van der Waals surface area contributed by atoms with E-state index in [4.69, 9.17) is 10.5 Å². The van der Waals surface area contributed by atoms with E-state index in [1.807, 2.05) is 0 Å². The van der Waals surface area contributed by atoms with Crippen LogP contribution in [0.4, 0.5) is 4.79 Å². The normalized spacial score (nSPS) is 34.2. The Morgan fingerprint density at radius 1 is 1.07 bits per heavy atom. The van der Waals surface area contributed by atoms with Gasteiger partial charge in [-0.3, -0.25) is 4.79 Å². The van der Waals surface area contributed by atoms with Crippen molar-refractivity contribution in [2.75, 3.05) is 13.1 Å². The van der Waals surface area contributed by atoms with E-state index < -0.39 is 12.1 Å². The number of hydrogen-bond donors (Lipinski definition) is 4. The van der Waals surface area contributed by atoms with Crippen molar-refractivity contribution in [2.24, 2.45) is 52.1 Å². The van der Waals surface area contributed by atoms with Crippen molar-refractivity contribution in [3.63, 3.8) is 0 Å². The Balaban J connectivity index is 1.08. The highest BCUT2D eigenvalue weighted by molar-refractivity contribution is 5.81. The smallest absolute Gasteiger partial charge is 0.407 e. The lowest BCUT2D eigenvalue weighted by molar-refractivity contribution is -0.122. The van der Waals surface area contributed by atoms with Crippen LogP contribution in [0.15, 0.2) is 24.2 Å². The van der Waals surface area contributed by atoms with Crippen molar-refractivity contribution in [3.8, 4) is 0 Å². The van der Waals surface area contributed by atoms with E-state index in [1.54, 1.807) is 12.5 Å². The minimum atomic E-state index is -0.668. The monoisotopic (exact) mass is 609 g/mol. The molecule has 9 unspecified atom stereocenters. The lowest BCUT2D eigenvalue weighted by Gasteiger charge is -2.58. The molecule has 0 spiro atoms. The van der Waals surface area contributed by atoms with Gasteiger partial charge >= 0.3 is 6.09 Å². The van der Waals surface area contributed by atoms with Gasteiger partial charge in [0.2, 0.25) is 5.91 Å². The van der Waals surface area contributed by atoms with Crippen LogP contribution in [0.5, 0.6) is 0 Å². The molecule has 0 radical (unpaired) electrons. The number of nitrogens with zero attached hydrogens (tertiary/aromatic N) is 1. The van der Waals surface area contributed by atoms with E-state index in [0.717, 1.165) is 60.5 Å². The Kier molecular flexibility index (Phi) is 10.5. The molecule has 3 fully saturated rings. The Bertz CT molecular complexity index is 1150. The topological polar surface area (TPSA) is 122 Å². The highest BCUT2D eigenvalue weighted by Crippen LogP contribution is 2.67. The molecule has 5 rings (SSSR count). The number of fused-ring (bicyclic) bond motifs is 5. The number of imidazole rings is 1. The molecule has 4 aliphatic rings. The molecule has 2 amide bonds. The lowest BCUT2D eigenvalue weighted by Crippen LogP contribution is -2.51. The zero-order valence-electron chi connectivity index (χ0n) is 28.0. The number of aromatic amines is 1. The van der Waals surface area contributed by atoms with Gasteiger partial charge in [0.25, 0.3) is 0 Å². The molecule has 0 aromatic carbocycles. The molecule has 1 heterocycles. The maximum atomic E-state index is 12.6. The van der Waals surface area contributed by atoms with E-state index in [2.05, 4.69) is 61.3 Å². The number of alkyl carbamates (subject to hydrolysis) is 1. The summed E-state index contributed by atoms with van der Waals surface area (Å²) in [6, 6.07) is -0.668. The van der Waals surface area contributed by atoms with Crippen LogP contribution in [0, 0.1) is 46.3 Å². The predicted molar refractivity (Wildman–Crippen MR) is 175 cm³/mol. The number of ether oxygens (including phenoxy) is 1. The van der Waals surface area contributed by atoms with Crippen LogP contribution >= 0.6 is 0 Å². The number of carbonyl (C=O) groups excluding carboxylic acids is 2. The summed E-state index contributed by atoms with van der Waals surface area (Å²) < 4.78 is 5.88. The zero-order chi connectivity index (χ0) is 31.5. The maximum Gasteiger partial charge on any atom is 0.407 e. The van der Waals surface area contributed by atoms with Crippen LogP contribution in [0.1, 0.15) is 111 Å². The van der Waals surface area contributed by atoms with Crippen molar-refractivity contribution in [3.05, 3.63) is 29.9 Å². The molecule has 246 valence electrons. The molecule has 9 atom stereocenters. The number of carbonyl (C=O) groups is 2. The van der Waals surface area contributed by atoms with E-state index in [0.29, 0.717) is 24.9 Å². The predicted octanol–water partition coefficient (Wildman–Crippen LogP) is 6.53. The van der Waals surface area contributed by atoms with E-state index in [1.165, 1.54) is 56.9 Å². The lowest BCUT2D eigenvalue weighted by atomic mass is 9.47. The summed E-state index contributed by atoms with van der Waals surface area (Å²) in [5.74, 6) is 4.70. The highest BCUT2D eigenvalue weighted by atomic mass is 16.6. The van der Waals surface area contributed by atoms with E-state index in [9.17, 15) is 9.59 Å². The third-order valence-electron chi connectivity index (χ3n) is 12.6. The second-order valence-corrected chi connectivity index (χ2v) is 15.7. The number of hydrogen-bond acceptors (Lipinski definition) is 5. The fourth-order valence-electron chi connectivity index (χ4n) is 10.2. The van der Waals surface area contributed by atoms with Gasteiger partial charge < -0.3 is 26.1 Å². The van der Waals surface area contributed by atoms with Gasteiger partial charge in [0.15, 0.2) is 0 Å². The molecule has 44 heavy (non-hydrogen) atoms. The van der Waals surface area contributed by atoms with Crippen molar-refractivity contribution in [1.29, 1.82) is 0 Å². The number of allylic oxidation sites excluding steroid dienone is 1. The third kappa shape index (κ3) is 7.05. The second kappa shape index (κ2) is 14.0. The van der Waals surface area contributed by atoms with Crippen molar-refractivity contribution >= 4 is 12.0 Å². The number of nitrogens with one attached hydrogen (secondary N) is 3. The average Bonchev–Trinajstić information content (AvgIpc) is 3.62. The van der Waals surface area contributed by atoms with Gasteiger partial charge in [-0.15, -0.1) is 0 Å². The van der Waals surface area contributed by atoms with Gasteiger partial charge in [-0.1, -0.05) is 65.5 Å². The molecular formula is C36H59N5O3. The molecule has 0 aliphatic heterocycles. The van der Waals surface area contributed by atoms with Crippen LogP contribution in [0.2, 0.25) is 0 Å². The number of amides is 2. The number of H-pyrrole nitrogens is 1. The summed E-state index contributed by atoms with van der Waals surface area (Å²) in [5, 5.41) is 5.59. The first-order chi connectivity index (χ1) is 21.0. The Morgan fingerprint density at radius 2 is 1.86 bits per heavy atom. The van der Waals surface area contributed by atoms with Crippen LogP contribution < -0.4 is 16.4 Å². The summed E-state index contributed by atoms with van der Waals surface area (Å²) in [7, 11) is 0. The molecule has 4 aliphatic carbocycles. The largest absolute Gasteiger partial charge is 0.446 e.